The molecule has 42 heavy (non-hydrogen) atoms. The number of rotatable bonds is 9. The van der Waals surface area contributed by atoms with E-state index in [0.29, 0.717) is 57.3 Å². The molecule has 218 valence electrons. The zero-order valence-electron chi connectivity index (χ0n) is 22.9. The molecule has 0 saturated heterocycles. The van der Waals surface area contributed by atoms with Crippen LogP contribution in [-0.4, -0.2) is 53.6 Å². The van der Waals surface area contributed by atoms with Gasteiger partial charge in [0.2, 0.25) is 17.8 Å². The molecule has 0 spiro atoms. The topological polar surface area (TPSA) is 154 Å². The van der Waals surface area contributed by atoms with Crippen molar-refractivity contribution in [3.05, 3.63) is 60.2 Å². The Bertz CT molecular complexity index is 1760. The summed E-state index contributed by atoms with van der Waals surface area (Å²) >= 11 is 0. The molecule has 0 aliphatic rings. The number of anilines is 6. The normalized spacial score (nSPS) is 11.5. The highest BCUT2D eigenvalue weighted by Crippen LogP contribution is 2.29. The van der Waals surface area contributed by atoms with Crippen molar-refractivity contribution in [1.82, 2.24) is 34.3 Å². The molecule has 0 aliphatic carbocycles. The van der Waals surface area contributed by atoms with Gasteiger partial charge in [-0.2, -0.15) is 10.1 Å². The largest absolute Gasteiger partial charge is 0.573 e. The van der Waals surface area contributed by atoms with Crippen LogP contribution >= 0.6 is 0 Å². The zero-order valence-corrected chi connectivity index (χ0v) is 22.9. The summed E-state index contributed by atoms with van der Waals surface area (Å²) in [6.07, 6.45) is -1.48. The summed E-state index contributed by atoms with van der Waals surface area (Å²) in [6, 6.07) is 8.92. The fraction of sp³-hybridized carbons (Fsp3) is 0.231. The van der Waals surface area contributed by atoms with Crippen molar-refractivity contribution < 1.29 is 22.7 Å². The second-order valence-electron chi connectivity index (χ2n) is 9.32. The van der Waals surface area contributed by atoms with Gasteiger partial charge in [0, 0.05) is 26.0 Å². The first-order valence-electron chi connectivity index (χ1n) is 12.5. The zero-order chi connectivity index (χ0) is 30.2. The van der Waals surface area contributed by atoms with E-state index in [-0.39, 0.29) is 12.3 Å². The first-order chi connectivity index (χ1) is 19.9. The Morgan fingerprint density at radius 3 is 2.52 bits per heavy atom. The molecule has 4 N–H and O–H groups in total. The van der Waals surface area contributed by atoms with Crippen molar-refractivity contribution in [3.63, 3.8) is 0 Å². The molecule has 0 aliphatic heterocycles. The molecule has 0 atom stereocenters. The number of fused-ring (bicyclic) bond motifs is 1. The van der Waals surface area contributed by atoms with Gasteiger partial charge in [-0.25, -0.2) is 15.0 Å². The van der Waals surface area contributed by atoms with Gasteiger partial charge in [-0.05, 0) is 50.2 Å². The molecule has 0 bridgehead atoms. The number of nitrogens with two attached hydrogens (primary N) is 1. The SMILES string of the molecule is Cc1nn(CC(N)=O)c(C)c1Nc1nccc(N(C)c2cnc3c(c2)nc(Nc2ccc(OC(F)(F)F)cc2)n3C)n1. The van der Waals surface area contributed by atoms with E-state index in [0.717, 1.165) is 0 Å². The molecule has 0 unspecified atom stereocenters. The van der Waals surface area contributed by atoms with Crippen molar-refractivity contribution in [3.8, 4) is 5.75 Å². The number of alkyl halides is 3. The lowest BCUT2D eigenvalue weighted by molar-refractivity contribution is -0.274. The Morgan fingerprint density at radius 1 is 1.10 bits per heavy atom. The highest BCUT2D eigenvalue weighted by atomic mass is 19.4. The second kappa shape index (κ2) is 10.9. The summed E-state index contributed by atoms with van der Waals surface area (Å²) in [5, 5.41) is 10.6. The molecule has 1 aromatic carbocycles. The van der Waals surface area contributed by atoms with Crippen LogP contribution in [0.3, 0.4) is 0 Å². The summed E-state index contributed by atoms with van der Waals surface area (Å²) < 4.78 is 44.5. The molecule has 1 amide bonds. The van der Waals surface area contributed by atoms with E-state index in [2.05, 4.69) is 40.4 Å². The first-order valence-corrected chi connectivity index (χ1v) is 12.5. The van der Waals surface area contributed by atoms with Crippen molar-refractivity contribution in [1.29, 1.82) is 0 Å². The highest BCUT2D eigenvalue weighted by Gasteiger charge is 2.31. The van der Waals surface area contributed by atoms with Gasteiger partial charge in [-0.3, -0.25) is 14.0 Å². The quantitative estimate of drug-likeness (QED) is 0.231. The number of imidazole rings is 1. The molecule has 0 fully saturated rings. The van der Waals surface area contributed by atoms with E-state index in [9.17, 15) is 18.0 Å². The van der Waals surface area contributed by atoms with Crippen LogP contribution in [0.2, 0.25) is 0 Å². The molecule has 5 aromatic rings. The second-order valence-corrected chi connectivity index (χ2v) is 9.32. The van der Waals surface area contributed by atoms with Gasteiger partial charge in [0.15, 0.2) is 5.65 Å². The standard InChI is InChI=1S/C26H26F3N11O2/c1-14-22(15(2)40(37-14)13-20(30)41)36-24-31-10-9-21(35-24)38(3)17-11-19-23(32-12-17)39(4)25(34-19)33-16-5-7-18(8-6-16)42-26(27,28)29/h5-12H,13H2,1-4H3,(H2,30,41)(H,33,34)(H,31,35,36). The molecular weight excluding hydrogens is 555 g/mol. The Kier molecular flexibility index (Phi) is 7.28. The number of primary amides is 1. The minimum atomic E-state index is -4.76. The third-order valence-electron chi connectivity index (χ3n) is 6.33. The van der Waals surface area contributed by atoms with E-state index in [1.807, 2.05) is 24.9 Å². The van der Waals surface area contributed by atoms with Crippen molar-refractivity contribution in [2.24, 2.45) is 12.8 Å². The molecule has 13 nitrogen and oxygen atoms in total. The van der Waals surface area contributed by atoms with Crippen molar-refractivity contribution in [2.75, 3.05) is 22.6 Å². The number of ether oxygens (including phenoxy) is 1. The number of hydrogen-bond donors (Lipinski definition) is 3. The maximum absolute atomic E-state index is 12.4. The van der Waals surface area contributed by atoms with Gasteiger partial charge >= 0.3 is 6.36 Å². The molecule has 5 rings (SSSR count). The Balaban J connectivity index is 1.34. The van der Waals surface area contributed by atoms with Gasteiger partial charge < -0.3 is 26.0 Å². The lowest BCUT2D eigenvalue weighted by Gasteiger charge is -2.18. The van der Waals surface area contributed by atoms with E-state index >= 15 is 0 Å². The first kappa shape index (κ1) is 28.1. The van der Waals surface area contributed by atoms with Crippen LogP contribution < -0.4 is 26.0 Å². The monoisotopic (exact) mass is 581 g/mol. The fourth-order valence-corrected chi connectivity index (χ4v) is 4.25. The lowest BCUT2D eigenvalue weighted by atomic mass is 10.3. The van der Waals surface area contributed by atoms with E-state index in [1.54, 1.807) is 37.0 Å². The molecule has 0 radical (unpaired) electrons. The van der Waals surface area contributed by atoms with Crippen LogP contribution in [0.25, 0.3) is 11.2 Å². The van der Waals surface area contributed by atoms with Crippen LogP contribution in [0.15, 0.2) is 48.8 Å². The molecule has 4 heterocycles. The smallest absolute Gasteiger partial charge is 0.406 e. The third-order valence-corrected chi connectivity index (χ3v) is 6.33. The van der Waals surface area contributed by atoms with E-state index in [4.69, 9.17) is 5.73 Å². The van der Waals surface area contributed by atoms with Gasteiger partial charge in [0.05, 0.1) is 29.0 Å². The molecule has 0 saturated carbocycles. The van der Waals surface area contributed by atoms with Gasteiger partial charge in [-0.1, -0.05) is 0 Å². The minimum Gasteiger partial charge on any atom is -0.406 e. The lowest BCUT2D eigenvalue weighted by Crippen LogP contribution is -2.20. The van der Waals surface area contributed by atoms with Crippen molar-refractivity contribution in [2.45, 2.75) is 26.8 Å². The van der Waals surface area contributed by atoms with E-state index in [1.165, 1.54) is 28.9 Å². The number of carbonyl (C=O) groups excluding carboxylic acids is 1. The summed E-state index contributed by atoms with van der Waals surface area (Å²) in [7, 11) is 3.59. The number of nitrogens with zero attached hydrogens (tertiary/aromatic N) is 8. The molecule has 16 heteroatoms. The summed E-state index contributed by atoms with van der Waals surface area (Å²) in [4.78, 5) is 31.2. The average Bonchev–Trinajstić information content (AvgIpc) is 3.37. The number of benzene rings is 1. The number of carbonyl (C=O) groups is 1. The molecule has 4 aromatic heterocycles. The van der Waals surface area contributed by atoms with Crippen LogP contribution in [0.5, 0.6) is 5.75 Å². The predicted molar refractivity (Wildman–Crippen MR) is 149 cm³/mol. The number of nitrogens with one attached hydrogen (secondary N) is 2. The number of amides is 1. The number of aromatic nitrogens is 7. The number of halogens is 3. The van der Waals surface area contributed by atoms with Gasteiger partial charge in [0.1, 0.15) is 23.6 Å². The minimum absolute atomic E-state index is 0.0403. The summed E-state index contributed by atoms with van der Waals surface area (Å²) in [5.41, 5.74) is 9.77. The fourth-order valence-electron chi connectivity index (χ4n) is 4.25. The Hall–Kier alpha value is -5.41. The van der Waals surface area contributed by atoms with E-state index < -0.39 is 12.3 Å². The van der Waals surface area contributed by atoms with Crippen LogP contribution in [0, 0.1) is 13.8 Å². The highest BCUT2D eigenvalue weighted by molar-refractivity contribution is 5.80. The van der Waals surface area contributed by atoms with Crippen LogP contribution in [0.4, 0.5) is 47.9 Å². The molecular formula is C26H26F3N11O2. The number of aryl methyl sites for hydroxylation is 2. The predicted octanol–water partition coefficient (Wildman–Crippen LogP) is 4.21. The third kappa shape index (κ3) is 6.01. The average molecular weight is 582 g/mol. The maximum atomic E-state index is 12.4. The maximum Gasteiger partial charge on any atom is 0.573 e. The Labute approximate surface area is 237 Å². The van der Waals surface area contributed by atoms with Crippen molar-refractivity contribution >= 4 is 51.8 Å². The summed E-state index contributed by atoms with van der Waals surface area (Å²) in [5.74, 6) is 0.525. The van der Waals surface area contributed by atoms with Gasteiger partial charge in [-0.15, -0.1) is 13.2 Å². The Morgan fingerprint density at radius 2 is 1.83 bits per heavy atom. The number of pyridine rings is 1. The van der Waals surface area contributed by atoms with Gasteiger partial charge in [0.25, 0.3) is 0 Å². The summed E-state index contributed by atoms with van der Waals surface area (Å²) in [6.45, 7) is 3.58. The van der Waals surface area contributed by atoms with Crippen LogP contribution in [0.1, 0.15) is 11.4 Å². The van der Waals surface area contributed by atoms with Crippen LogP contribution in [-0.2, 0) is 18.4 Å². The number of hydrogen-bond acceptors (Lipinski definition) is 10.